The van der Waals surface area contributed by atoms with E-state index in [1.165, 1.54) is 23.3 Å². The number of amides is 1. The number of aromatic nitrogens is 4. The number of piperidine rings is 1. The minimum atomic E-state index is -0.451. The number of aryl methyl sites for hydroxylation is 2. The third kappa shape index (κ3) is 6.08. The highest BCUT2D eigenvalue weighted by atomic mass is 32.1. The van der Waals surface area contributed by atoms with Crippen molar-refractivity contribution in [1.29, 1.82) is 0 Å². The van der Waals surface area contributed by atoms with Crippen LogP contribution < -0.4 is 4.74 Å². The van der Waals surface area contributed by atoms with Crippen molar-refractivity contribution in [2.75, 3.05) is 13.1 Å². The average Bonchev–Trinajstić information content (AvgIpc) is 3.71. The molecule has 4 aliphatic rings. The number of thiophene rings is 1. The van der Waals surface area contributed by atoms with Gasteiger partial charge in [-0.1, -0.05) is 7.43 Å². The highest BCUT2D eigenvalue weighted by Crippen LogP contribution is 2.68. The molecule has 8 rings (SSSR count). The Morgan fingerprint density at radius 3 is 2.41 bits per heavy atom. The van der Waals surface area contributed by atoms with Crippen molar-refractivity contribution in [3.8, 4) is 10.8 Å². The van der Waals surface area contributed by atoms with Crippen LogP contribution in [0.25, 0.3) is 5.00 Å². The Morgan fingerprint density at radius 2 is 1.76 bits per heavy atom. The standard InChI is InChI=1S/C37H44N6O4S.CH4/c1-22-23(2)48-33-30(22)31(39-28(17-29-38-13-16-45-29)32-41-40-24(3)43(32)33)25-7-9-26(10-8-25)46-27-18-37(19-27)20-36(21-37)11-14-42(15-12-36)34(44)47-35(4,5)6;/h7-10,13,16,27-28H,11-12,14-15,17-21H2,1-6H3;1H4/t28-;/m0./s1. The number of carbonyl (C=O) groups is 1. The van der Waals surface area contributed by atoms with E-state index in [0.717, 1.165) is 78.0 Å². The molecule has 5 heterocycles. The normalized spacial score (nSPS) is 20.7. The fraction of sp³-hybridized carbons (Fsp3) is 0.553. The van der Waals surface area contributed by atoms with Crippen LogP contribution in [0.4, 0.5) is 4.79 Å². The molecule has 2 spiro atoms. The lowest BCUT2D eigenvalue weighted by Crippen LogP contribution is -2.60. The Kier molecular flexibility index (Phi) is 8.28. The summed E-state index contributed by atoms with van der Waals surface area (Å²) in [6.07, 6.45) is 10.7. The van der Waals surface area contributed by atoms with E-state index in [1.54, 1.807) is 23.8 Å². The number of benzene rings is 1. The van der Waals surface area contributed by atoms with Crippen LogP contribution >= 0.6 is 11.3 Å². The van der Waals surface area contributed by atoms with Gasteiger partial charge in [0.2, 0.25) is 0 Å². The van der Waals surface area contributed by atoms with Crippen LogP contribution in [-0.2, 0) is 11.2 Å². The molecular formula is C38H48N6O4S. The lowest BCUT2D eigenvalue weighted by atomic mass is 9.42. The number of fused-ring (bicyclic) bond motifs is 3. The number of aliphatic imine (C=N–C) groups is 1. The second kappa shape index (κ2) is 12.1. The molecule has 4 aromatic rings. The summed E-state index contributed by atoms with van der Waals surface area (Å²) in [5.41, 5.74) is 4.68. The molecule has 2 saturated carbocycles. The highest BCUT2D eigenvalue weighted by molar-refractivity contribution is 7.15. The molecule has 1 saturated heterocycles. The number of ether oxygens (including phenoxy) is 2. The molecule has 260 valence electrons. The summed E-state index contributed by atoms with van der Waals surface area (Å²) in [4.78, 5) is 25.4. The van der Waals surface area contributed by atoms with Crippen molar-refractivity contribution in [3.05, 3.63) is 75.8 Å². The molecule has 0 radical (unpaired) electrons. The smallest absolute Gasteiger partial charge is 0.410 e. The van der Waals surface area contributed by atoms with Gasteiger partial charge in [0.15, 0.2) is 11.7 Å². The summed E-state index contributed by atoms with van der Waals surface area (Å²) >= 11 is 1.76. The van der Waals surface area contributed by atoms with Crippen LogP contribution in [0, 0.1) is 31.6 Å². The number of hydrogen-bond donors (Lipinski definition) is 0. The van der Waals surface area contributed by atoms with E-state index in [4.69, 9.17) is 18.9 Å². The van der Waals surface area contributed by atoms with Crippen molar-refractivity contribution >= 4 is 23.1 Å². The highest BCUT2D eigenvalue weighted by Gasteiger charge is 2.61. The molecule has 10 nitrogen and oxygen atoms in total. The van der Waals surface area contributed by atoms with Gasteiger partial charge in [0.25, 0.3) is 0 Å². The molecule has 0 unspecified atom stereocenters. The van der Waals surface area contributed by atoms with Gasteiger partial charge in [0.05, 0.1) is 24.4 Å². The third-order valence-electron chi connectivity index (χ3n) is 10.8. The van der Waals surface area contributed by atoms with Gasteiger partial charge in [0.1, 0.15) is 34.5 Å². The molecule has 49 heavy (non-hydrogen) atoms. The van der Waals surface area contributed by atoms with E-state index in [0.29, 0.717) is 23.1 Å². The summed E-state index contributed by atoms with van der Waals surface area (Å²) in [7, 11) is 0. The Morgan fingerprint density at radius 1 is 1.04 bits per heavy atom. The number of nitrogens with zero attached hydrogens (tertiary/aromatic N) is 6. The molecule has 1 amide bonds. The van der Waals surface area contributed by atoms with Gasteiger partial charge in [0, 0.05) is 29.1 Å². The zero-order valence-corrected chi connectivity index (χ0v) is 29.5. The SMILES string of the molecule is C.Cc1sc2c(c1C)C(c1ccc(OC3CC4(C3)CC3(CCN(C(=O)OC(C)(C)C)CC3)C4)cc1)=N[C@@H](Cc1ncco1)c1nnc(C)n1-2. The van der Waals surface area contributed by atoms with Gasteiger partial charge >= 0.3 is 6.09 Å². The molecule has 3 aromatic heterocycles. The summed E-state index contributed by atoms with van der Waals surface area (Å²) in [6.45, 7) is 13.7. The molecule has 11 heteroatoms. The van der Waals surface area contributed by atoms with E-state index < -0.39 is 5.60 Å². The number of likely N-dealkylation sites (tertiary alicyclic amines) is 1. The van der Waals surface area contributed by atoms with Crippen LogP contribution in [0.2, 0.25) is 0 Å². The first-order chi connectivity index (χ1) is 22.9. The molecule has 2 aliphatic carbocycles. The maximum absolute atomic E-state index is 12.5. The zero-order valence-electron chi connectivity index (χ0n) is 28.7. The van der Waals surface area contributed by atoms with Gasteiger partial charge < -0.3 is 18.8 Å². The number of oxazole rings is 1. The van der Waals surface area contributed by atoms with Gasteiger partial charge in [-0.05, 0) is 121 Å². The molecular weight excluding hydrogens is 637 g/mol. The van der Waals surface area contributed by atoms with E-state index >= 15 is 0 Å². The Hall–Kier alpha value is -3.99. The Balaban J connectivity index is 0.00000378. The van der Waals surface area contributed by atoms with Crippen molar-refractivity contribution < 1.29 is 18.7 Å². The Labute approximate surface area is 293 Å². The van der Waals surface area contributed by atoms with Crippen molar-refractivity contribution in [2.24, 2.45) is 15.8 Å². The van der Waals surface area contributed by atoms with Gasteiger partial charge in [-0.2, -0.15) is 0 Å². The first kappa shape index (κ1) is 33.5. The second-order valence-electron chi connectivity index (χ2n) is 15.5. The minimum Gasteiger partial charge on any atom is -0.490 e. The number of carbonyl (C=O) groups excluding carboxylic acids is 1. The molecule has 1 atom stereocenters. The number of rotatable bonds is 5. The number of hydrogen-bond acceptors (Lipinski definition) is 9. The summed E-state index contributed by atoms with van der Waals surface area (Å²) in [5, 5.41) is 10.1. The lowest BCUT2D eigenvalue weighted by Gasteiger charge is -2.65. The maximum Gasteiger partial charge on any atom is 0.410 e. The predicted octanol–water partition coefficient (Wildman–Crippen LogP) is 8.35. The van der Waals surface area contributed by atoms with E-state index in [-0.39, 0.29) is 25.7 Å². The fourth-order valence-corrected chi connectivity index (χ4v) is 9.80. The molecule has 0 N–H and O–H groups in total. The van der Waals surface area contributed by atoms with Gasteiger partial charge in [-0.15, -0.1) is 21.5 Å². The lowest BCUT2D eigenvalue weighted by molar-refractivity contribution is -0.163. The first-order valence-corrected chi connectivity index (χ1v) is 18.0. The van der Waals surface area contributed by atoms with Crippen LogP contribution in [0.5, 0.6) is 5.75 Å². The Bertz CT molecular complexity index is 1860. The van der Waals surface area contributed by atoms with Crippen molar-refractivity contribution in [1.82, 2.24) is 24.6 Å². The van der Waals surface area contributed by atoms with Gasteiger partial charge in [-0.25, -0.2) is 9.78 Å². The van der Waals surface area contributed by atoms with Crippen molar-refractivity contribution in [2.45, 2.75) is 112 Å². The fourth-order valence-electron chi connectivity index (χ4n) is 8.59. The topological polar surface area (TPSA) is 108 Å². The van der Waals surface area contributed by atoms with Crippen LogP contribution in [-0.4, -0.2) is 61.2 Å². The molecule has 2 aliphatic heterocycles. The minimum absolute atomic E-state index is 0. The molecule has 3 fully saturated rings. The second-order valence-corrected chi connectivity index (χ2v) is 16.7. The van der Waals surface area contributed by atoms with Crippen LogP contribution in [0.1, 0.15) is 112 Å². The predicted molar refractivity (Wildman–Crippen MR) is 190 cm³/mol. The van der Waals surface area contributed by atoms with Crippen LogP contribution in [0.15, 0.2) is 46.1 Å². The summed E-state index contributed by atoms with van der Waals surface area (Å²) in [5.74, 6) is 3.16. The van der Waals surface area contributed by atoms with E-state index in [1.807, 2.05) is 32.6 Å². The van der Waals surface area contributed by atoms with E-state index in [2.05, 4.69) is 57.9 Å². The summed E-state index contributed by atoms with van der Waals surface area (Å²) in [6, 6.07) is 8.15. The molecule has 0 bridgehead atoms. The van der Waals surface area contributed by atoms with Crippen molar-refractivity contribution in [3.63, 3.8) is 0 Å². The largest absolute Gasteiger partial charge is 0.490 e. The zero-order chi connectivity index (χ0) is 33.4. The maximum atomic E-state index is 12.5. The van der Waals surface area contributed by atoms with Crippen LogP contribution in [0.3, 0.4) is 0 Å². The van der Waals surface area contributed by atoms with Gasteiger partial charge in [-0.3, -0.25) is 9.56 Å². The monoisotopic (exact) mass is 684 g/mol. The molecule has 1 aromatic carbocycles. The third-order valence-corrected chi connectivity index (χ3v) is 12.0. The quantitative estimate of drug-likeness (QED) is 0.208. The first-order valence-electron chi connectivity index (χ1n) is 17.1. The van der Waals surface area contributed by atoms with E-state index in [9.17, 15) is 4.79 Å². The average molecular weight is 685 g/mol. The summed E-state index contributed by atoms with van der Waals surface area (Å²) < 4.78 is 19.9.